The van der Waals surface area contributed by atoms with Gasteiger partial charge in [0.2, 0.25) is 5.91 Å². The molecule has 190 valence electrons. The standard InChI is InChI=1S/C26H32BrF2N3O3/c1-23(2,29)22-30-21(31-35-22)26-9-6-25(7-10-26,8-11-26)15-32(17-4-5-19(28)18(27)12-17)20(33)16-13-24(3,34)14-16/h4-5,12,16,34H,6-11,13-15H2,1-3H3/t16-,24+,25?,26?. The van der Waals surface area contributed by atoms with Crippen LogP contribution in [0.5, 0.6) is 0 Å². The molecule has 9 heteroatoms. The first-order valence-electron chi connectivity index (χ1n) is 12.3. The molecule has 1 aromatic carbocycles. The number of hydrogen-bond acceptors (Lipinski definition) is 5. The predicted octanol–water partition coefficient (Wildman–Crippen LogP) is 5.96. The second-order valence-electron chi connectivity index (χ2n) is 11.8. The van der Waals surface area contributed by atoms with E-state index in [1.165, 1.54) is 19.9 Å². The SMILES string of the molecule is CC(C)(F)c1nc(C23CCC(CN(c4ccc(F)c(Br)c4)C(=O)[C@H]4C[C@@](C)(O)C4)(CC2)CC3)no1. The van der Waals surface area contributed by atoms with Crippen LogP contribution in [0, 0.1) is 17.2 Å². The van der Waals surface area contributed by atoms with Crippen LogP contribution in [0.3, 0.4) is 0 Å². The van der Waals surface area contributed by atoms with Crippen molar-refractivity contribution in [2.24, 2.45) is 11.3 Å². The summed E-state index contributed by atoms with van der Waals surface area (Å²) < 4.78 is 33.8. The van der Waals surface area contributed by atoms with Crippen LogP contribution in [0.25, 0.3) is 0 Å². The fraction of sp³-hybridized carbons (Fsp3) is 0.654. The predicted molar refractivity (Wildman–Crippen MR) is 130 cm³/mol. The van der Waals surface area contributed by atoms with Crippen LogP contribution >= 0.6 is 15.9 Å². The number of fused-ring (bicyclic) bond motifs is 3. The highest BCUT2D eigenvalue weighted by Crippen LogP contribution is 2.58. The van der Waals surface area contributed by atoms with Crippen molar-refractivity contribution < 1.29 is 23.2 Å². The van der Waals surface area contributed by atoms with Crippen molar-refractivity contribution >= 4 is 27.5 Å². The summed E-state index contributed by atoms with van der Waals surface area (Å²) in [6.07, 6.45) is 6.11. The molecule has 0 unspecified atom stereocenters. The van der Waals surface area contributed by atoms with E-state index >= 15 is 0 Å². The summed E-state index contributed by atoms with van der Waals surface area (Å²) in [4.78, 5) is 19.8. The highest BCUT2D eigenvalue weighted by molar-refractivity contribution is 9.10. The Balaban J connectivity index is 1.36. The van der Waals surface area contributed by atoms with Gasteiger partial charge >= 0.3 is 0 Å². The number of carbonyl (C=O) groups is 1. The maximum Gasteiger partial charge on any atom is 0.263 e. The molecule has 6 nitrogen and oxygen atoms in total. The fourth-order valence-electron chi connectivity index (χ4n) is 6.20. The summed E-state index contributed by atoms with van der Waals surface area (Å²) in [7, 11) is 0. The van der Waals surface area contributed by atoms with E-state index in [2.05, 4.69) is 26.1 Å². The molecular formula is C26H32BrF2N3O3. The summed E-state index contributed by atoms with van der Waals surface area (Å²) in [6, 6.07) is 4.69. The Hall–Kier alpha value is -1.87. The number of alkyl halides is 1. The molecule has 2 bridgehead atoms. The molecule has 1 amide bonds. The molecule has 35 heavy (non-hydrogen) atoms. The third-order valence-corrected chi connectivity index (χ3v) is 9.11. The summed E-state index contributed by atoms with van der Waals surface area (Å²) in [6.45, 7) is 5.13. The first-order chi connectivity index (χ1) is 16.3. The molecular weight excluding hydrogens is 520 g/mol. The van der Waals surface area contributed by atoms with Gasteiger partial charge in [-0.25, -0.2) is 8.78 Å². The van der Waals surface area contributed by atoms with Crippen LogP contribution in [-0.4, -0.2) is 33.3 Å². The Bertz CT molecular complexity index is 1110. The van der Waals surface area contributed by atoms with Crippen LogP contribution in [0.15, 0.2) is 27.2 Å². The van der Waals surface area contributed by atoms with Gasteiger partial charge < -0.3 is 14.5 Å². The Kier molecular flexibility index (Phi) is 5.91. The lowest BCUT2D eigenvalue weighted by molar-refractivity contribution is -0.137. The third kappa shape index (κ3) is 4.54. The van der Waals surface area contributed by atoms with Crippen molar-refractivity contribution in [3.8, 4) is 0 Å². The molecule has 0 saturated heterocycles. The largest absolute Gasteiger partial charge is 0.390 e. The van der Waals surface area contributed by atoms with E-state index < -0.39 is 11.3 Å². The molecule has 0 atom stereocenters. The number of amides is 1. The number of anilines is 1. The molecule has 4 fully saturated rings. The number of benzene rings is 1. The molecule has 6 rings (SSSR count). The van der Waals surface area contributed by atoms with Gasteiger partial charge in [0.15, 0.2) is 11.5 Å². The van der Waals surface area contributed by atoms with E-state index in [-0.39, 0.29) is 34.4 Å². The first-order valence-corrected chi connectivity index (χ1v) is 13.1. The molecule has 0 radical (unpaired) electrons. The highest BCUT2D eigenvalue weighted by Gasteiger charge is 2.53. The van der Waals surface area contributed by atoms with Crippen LogP contribution in [0.1, 0.15) is 83.9 Å². The average molecular weight is 552 g/mol. The van der Waals surface area contributed by atoms with Crippen molar-refractivity contribution in [1.29, 1.82) is 0 Å². The number of rotatable bonds is 6. The summed E-state index contributed by atoms with van der Waals surface area (Å²) in [5.74, 6) is -0.0157. The molecule has 1 N–H and O–H groups in total. The van der Waals surface area contributed by atoms with E-state index in [9.17, 15) is 18.7 Å². The maximum absolute atomic E-state index is 14.3. The van der Waals surface area contributed by atoms with Crippen LogP contribution in [0.2, 0.25) is 0 Å². The smallest absolute Gasteiger partial charge is 0.263 e. The van der Waals surface area contributed by atoms with E-state index in [1.54, 1.807) is 24.0 Å². The zero-order valence-electron chi connectivity index (χ0n) is 20.4. The van der Waals surface area contributed by atoms with Crippen LogP contribution < -0.4 is 4.90 Å². The molecule has 1 aromatic heterocycles. The Labute approximate surface area is 212 Å². The fourth-order valence-corrected chi connectivity index (χ4v) is 6.56. The lowest BCUT2D eigenvalue weighted by Crippen LogP contribution is -2.54. The van der Waals surface area contributed by atoms with Crippen LogP contribution in [-0.2, 0) is 15.9 Å². The van der Waals surface area contributed by atoms with Gasteiger partial charge in [-0.3, -0.25) is 4.79 Å². The molecule has 1 heterocycles. The Morgan fingerprint density at radius 3 is 2.37 bits per heavy atom. The van der Waals surface area contributed by atoms with Crippen molar-refractivity contribution in [3.63, 3.8) is 0 Å². The molecule has 4 saturated carbocycles. The topological polar surface area (TPSA) is 79.5 Å². The number of aromatic nitrogens is 2. The van der Waals surface area contributed by atoms with E-state index in [4.69, 9.17) is 4.52 Å². The molecule has 4 aliphatic carbocycles. The Morgan fingerprint density at radius 1 is 1.23 bits per heavy atom. The molecule has 0 spiro atoms. The van der Waals surface area contributed by atoms with Gasteiger partial charge in [-0.05, 0) is 112 Å². The normalized spacial score (nSPS) is 32.4. The average Bonchev–Trinajstić information content (AvgIpc) is 3.31. The van der Waals surface area contributed by atoms with Gasteiger partial charge in [0.25, 0.3) is 5.89 Å². The van der Waals surface area contributed by atoms with Crippen molar-refractivity contribution in [2.45, 2.75) is 88.8 Å². The second kappa shape index (κ2) is 8.33. The number of halogens is 3. The van der Waals surface area contributed by atoms with Gasteiger partial charge in [-0.15, -0.1) is 0 Å². The van der Waals surface area contributed by atoms with E-state index in [0.717, 1.165) is 38.5 Å². The lowest BCUT2D eigenvalue weighted by atomic mass is 9.53. The van der Waals surface area contributed by atoms with Crippen molar-refractivity contribution in [1.82, 2.24) is 10.1 Å². The van der Waals surface area contributed by atoms with Gasteiger partial charge in [-0.2, -0.15) is 4.98 Å². The van der Waals surface area contributed by atoms with Gasteiger partial charge in [0.05, 0.1) is 10.1 Å². The zero-order valence-corrected chi connectivity index (χ0v) is 22.0. The minimum atomic E-state index is -1.68. The van der Waals surface area contributed by atoms with E-state index in [0.29, 0.717) is 35.4 Å². The summed E-state index contributed by atoms with van der Waals surface area (Å²) in [5, 5.41) is 14.4. The quantitative estimate of drug-likeness (QED) is 0.479. The van der Waals surface area contributed by atoms with Crippen molar-refractivity contribution in [2.75, 3.05) is 11.4 Å². The lowest BCUT2D eigenvalue weighted by Gasteiger charge is -2.54. The number of hydrogen-bond donors (Lipinski definition) is 1. The maximum atomic E-state index is 14.3. The summed E-state index contributed by atoms with van der Waals surface area (Å²) in [5.41, 5.74) is -2.09. The Morgan fingerprint density at radius 2 is 1.86 bits per heavy atom. The van der Waals surface area contributed by atoms with Gasteiger partial charge in [-0.1, -0.05) is 5.16 Å². The summed E-state index contributed by atoms with van der Waals surface area (Å²) >= 11 is 3.26. The van der Waals surface area contributed by atoms with Gasteiger partial charge in [0, 0.05) is 23.6 Å². The first kappa shape index (κ1) is 24.8. The minimum absolute atomic E-state index is 0.0133. The van der Waals surface area contributed by atoms with E-state index in [1.807, 2.05) is 0 Å². The van der Waals surface area contributed by atoms with Gasteiger partial charge in [0.1, 0.15) is 5.82 Å². The number of aliphatic hydroxyl groups is 1. The second-order valence-corrected chi connectivity index (χ2v) is 12.7. The molecule has 0 aliphatic heterocycles. The number of nitrogens with zero attached hydrogens (tertiary/aromatic N) is 3. The monoisotopic (exact) mass is 551 g/mol. The third-order valence-electron chi connectivity index (χ3n) is 8.51. The molecule has 4 aliphatic rings. The van der Waals surface area contributed by atoms with Crippen molar-refractivity contribution in [3.05, 3.63) is 40.2 Å². The zero-order chi connectivity index (χ0) is 25.2. The minimum Gasteiger partial charge on any atom is -0.390 e. The molecule has 2 aromatic rings. The van der Waals surface area contributed by atoms with Crippen LogP contribution in [0.4, 0.5) is 14.5 Å². The number of carbonyl (C=O) groups excluding carboxylic acids is 1. The highest BCUT2D eigenvalue weighted by atomic mass is 79.9.